The first-order valence-electron chi connectivity index (χ1n) is 11.5. The van der Waals surface area contributed by atoms with E-state index in [1.807, 2.05) is 60.7 Å². The smallest absolute Gasteiger partial charge is 0.141 e. The number of likely N-dealkylation sites (N-methyl/N-ethyl adjacent to an activating group) is 1. The van der Waals surface area contributed by atoms with Crippen molar-refractivity contribution in [2.75, 3.05) is 20.6 Å². The molecule has 0 spiro atoms. The molecule has 0 saturated carbocycles. The van der Waals surface area contributed by atoms with Crippen LogP contribution in [0.15, 0.2) is 115 Å². The number of allylic oxidation sites excluding steroid dienone is 2. The van der Waals surface area contributed by atoms with Crippen LogP contribution < -0.4 is 0 Å². The van der Waals surface area contributed by atoms with Crippen LogP contribution in [0.1, 0.15) is 28.7 Å². The molecule has 0 saturated heterocycles. The number of hydrogen-bond acceptors (Lipinski definition) is 2. The van der Waals surface area contributed by atoms with E-state index in [9.17, 15) is 5.11 Å². The molecule has 0 radical (unpaired) electrons. The summed E-state index contributed by atoms with van der Waals surface area (Å²) in [6.45, 7) is 0.911. The van der Waals surface area contributed by atoms with Crippen LogP contribution in [0.2, 0.25) is 0 Å². The van der Waals surface area contributed by atoms with Crippen molar-refractivity contribution in [2.45, 2.75) is 12.0 Å². The number of benzene rings is 4. The normalized spacial score (nSPS) is 12.8. The molecule has 1 aliphatic rings. The first kappa shape index (κ1) is 30.1. The van der Waals surface area contributed by atoms with Gasteiger partial charge in [-0.3, -0.25) is 0 Å². The van der Waals surface area contributed by atoms with Crippen LogP contribution in [0.25, 0.3) is 16.3 Å². The summed E-state index contributed by atoms with van der Waals surface area (Å²) in [7, 11) is 4.19. The van der Waals surface area contributed by atoms with Crippen LogP contribution in [0.4, 0.5) is 0 Å². The Hall–Kier alpha value is -2.17. The van der Waals surface area contributed by atoms with Gasteiger partial charge in [0.1, 0.15) is 5.60 Å². The number of halogens is 2. The molecule has 0 aromatic heterocycles. The number of hydrogen-bond donors (Lipinski definition) is 1. The average molecular weight is 552 g/mol. The molecule has 1 aliphatic carbocycles. The number of aliphatic hydroxyl groups is 1. The maximum Gasteiger partial charge on any atom is 0.141 e. The topological polar surface area (TPSA) is 23.5 Å². The maximum absolute atomic E-state index is 12.7. The second kappa shape index (κ2) is 12.9. The second-order valence-corrected chi connectivity index (χ2v) is 9.04. The Kier molecular flexibility index (Phi) is 10.8. The van der Waals surface area contributed by atoms with Gasteiger partial charge in [-0.25, -0.2) is 0 Å². The number of nitrogens with zero attached hydrogens (tertiary/aromatic N) is 1. The van der Waals surface area contributed by atoms with Crippen LogP contribution >= 0.6 is 24.8 Å². The van der Waals surface area contributed by atoms with Crippen molar-refractivity contribution in [1.82, 2.24) is 4.90 Å². The van der Waals surface area contributed by atoms with Gasteiger partial charge in [0.2, 0.25) is 0 Å². The number of rotatable bonds is 6. The molecule has 1 N–H and O–H groups in total. The molecule has 184 valence electrons. The summed E-state index contributed by atoms with van der Waals surface area (Å²) >= 11 is 0. The van der Waals surface area contributed by atoms with Crippen molar-refractivity contribution in [1.29, 1.82) is 0 Å². The van der Waals surface area contributed by atoms with Gasteiger partial charge in [0.15, 0.2) is 0 Å². The minimum absolute atomic E-state index is 0. The molecule has 4 aromatic carbocycles. The zero-order valence-corrected chi connectivity index (χ0v) is 23.7. The summed E-state index contributed by atoms with van der Waals surface area (Å²) in [6.07, 6.45) is 5.47. The van der Waals surface area contributed by atoms with Crippen molar-refractivity contribution in [3.63, 3.8) is 0 Å². The van der Waals surface area contributed by atoms with E-state index in [0.717, 1.165) is 46.0 Å². The minimum Gasteiger partial charge on any atom is -0.376 e. The van der Waals surface area contributed by atoms with E-state index in [0.29, 0.717) is 0 Å². The van der Waals surface area contributed by atoms with Crippen molar-refractivity contribution in [3.05, 3.63) is 137 Å². The molecule has 5 rings (SSSR count). The first-order chi connectivity index (χ1) is 16.1. The summed E-state index contributed by atoms with van der Waals surface area (Å²) in [5, 5.41) is 14.9. The van der Waals surface area contributed by atoms with Crippen LogP contribution in [0, 0.1) is 0 Å². The molecule has 0 unspecified atom stereocenters. The molecule has 0 atom stereocenters. The fraction of sp³-hybridized carbons (Fsp3) is 0.161. The largest absolute Gasteiger partial charge is 0.376 e. The predicted molar refractivity (Wildman–Crippen MR) is 153 cm³/mol. The Balaban J connectivity index is 0.00000152. The molecule has 0 bridgehead atoms. The number of fused-ring (bicyclic) bond motifs is 1. The third-order valence-corrected chi connectivity index (χ3v) is 6.46. The molecule has 0 heterocycles. The van der Waals surface area contributed by atoms with Crippen molar-refractivity contribution < 1.29 is 26.8 Å². The predicted octanol–water partition coefficient (Wildman–Crippen LogP) is 7.24. The molecule has 0 aliphatic heterocycles. The SMILES string of the molecule is CN(C)CC1=CCC(c2ccc3ccccc3c2C(O)(c2ccccc2)c2ccccc2)=C1.Cl.Cl.[Ti]. The van der Waals surface area contributed by atoms with Gasteiger partial charge in [0.05, 0.1) is 0 Å². The Morgan fingerprint density at radius 1 is 0.750 bits per heavy atom. The maximum atomic E-state index is 12.7. The Morgan fingerprint density at radius 2 is 1.31 bits per heavy atom. The zero-order valence-electron chi connectivity index (χ0n) is 20.5. The van der Waals surface area contributed by atoms with E-state index < -0.39 is 5.60 Å². The van der Waals surface area contributed by atoms with Crippen LogP contribution in [0.3, 0.4) is 0 Å². The molecular formula is C31H31Cl2NOTi. The van der Waals surface area contributed by atoms with E-state index >= 15 is 0 Å². The fourth-order valence-electron chi connectivity index (χ4n) is 4.99. The molecule has 0 amide bonds. The molecule has 2 nitrogen and oxygen atoms in total. The first-order valence-corrected chi connectivity index (χ1v) is 11.5. The van der Waals surface area contributed by atoms with E-state index in [1.165, 1.54) is 11.1 Å². The standard InChI is InChI=1S/C31H29NO.2ClH.Ti/c1-32(2)22-23-17-18-25(21-23)29-20-19-24-11-9-10-16-28(24)30(29)31(33,26-12-5-3-6-13-26)27-14-7-4-8-15-27;;;/h3-17,19-21,33H,18,22H2,1-2H3;2*1H;. The van der Waals surface area contributed by atoms with Crippen LogP contribution in [-0.4, -0.2) is 30.6 Å². The van der Waals surface area contributed by atoms with Crippen molar-refractivity contribution in [2.24, 2.45) is 0 Å². The molecule has 0 fully saturated rings. The Morgan fingerprint density at radius 3 is 1.89 bits per heavy atom. The van der Waals surface area contributed by atoms with E-state index in [-0.39, 0.29) is 46.5 Å². The average Bonchev–Trinajstić information content (AvgIpc) is 3.31. The quantitative estimate of drug-likeness (QED) is 0.201. The molecule has 36 heavy (non-hydrogen) atoms. The molecule has 5 heteroatoms. The van der Waals surface area contributed by atoms with Gasteiger partial charge in [0.25, 0.3) is 0 Å². The van der Waals surface area contributed by atoms with E-state index in [4.69, 9.17) is 0 Å². The van der Waals surface area contributed by atoms with Crippen LogP contribution in [-0.2, 0) is 27.3 Å². The van der Waals surface area contributed by atoms with Gasteiger partial charge in [-0.05, 0) is 59.1 Å². The van der Waals surface area contributed by atoms with Crippen molar-refractivity contribution >= 4 is 41.2 Å². The van der Waals surface area contributed by atoms with E-state index in [2.05, 4.69) is 67.5 Å². The fourth-order valence-corrected chi connectivity index (χ4v) is 4.99. The molecule has 4 aromatic rings. The minimum atomic E-state index is -1.29. The monoisotopic (exact) mass is 551 g/mol. The Labute approximate surface area is 241 Å². The van der Waals surface area contributed by atoms with Gasteiger partial charge in [0, 0.05) is 33.8 Å². The van der Waals surface area contributed by atoms with Gasteiger partial charge in [-0.15, -0.1) is 24.8 Å². The zero-order chi connectivity index (χ0) is 22.8. The Bertz CT molecular complexity index is 1310. The van der Waals surface area contributed by atoms with Gasteiger partial charge in [-0.2, -0.15) is 0 Å². The summed E-state index contributed by atoms with van der Waals surface area (Å²) in [4.78, 5) is 2.19. The summed E-state index contributed by atoms with van der Waals surface area (Å²) in [5.41, 5.74) is 5.07. The summed E-state index contributed by atoms with van der Waals surface area (Å²) in [6, 6.07) is 32.8. The summed E-state index contributed by atoms with van der Waals surface area (Å²) in [5.74, 6) is 0. The van der Waals surface area contributed by atoms with Gasteiger partial charge < -0.3 is 10.0 Å². The third-order valence-electron chi connectivity index (χ3n) is 6.46. The van der Waals surface area contributed by atoms with Crippen molar-refractivity contribution in [3.8, 4) is 0 Å². The van der Waals surface area contributed by atoms with Gasteiger partial charge in [-0.1, -0.05) is 109 Å². The second-order valence-electron chi connectivity index (χ2n) is 9.04. The van der Waals surface area contributed by atoms with Gasteiger partial charge >= 0.3 is 0 Å². The molecular weight excluding hydrogens is 521 g/mol. The van der Waals surface area contributed by atoms with E-state index in [1.54, 1.807) is 0 Å². The summed E-state index contributed by atoms with van der Waals surface area (Å²) < 4.78 is 0. The van der Waals surface area contributed by atoms with Crippen LogP contribution in [0.5, 0.6) is 0 Å². The third kappa shape index (κ3) is 5.71.